The highest BCUT2D eigenvalue weighted by Crippen LogP contribution is 2.23. The van der Waals surface area contributed by atoms with E-state index in [0.29, 0.717) is 11.3 Å². The summed E-state index contributed by atoms with van der Waals surface area (Å²) >= 11 is 0. The van der Waals surface area contributed by atoms with Gasteiger partial charge in [0.05, 0.1) is 4.90 Å². The molecule has 0 spiro atoms. The van der Waals surface area contributed by atoms with Gasteiger partial charge in [-0.05, 0) is 37.1 Å². The van der Waals surface area contributed by atoms with Crippen LogP contribution in [0.4, 0.5) is 5.69 Å². The summed E-state index contributed by atoms with van der Waals surface area (Å²) in [5.74, 6) is -0.493. The van der Waals surface area contributed by atoms with E-state index in [9.17, 15) is 13.2 Å². The first kappa shape index (κ1) is 14.2. The van der Waals surface area contributed by atoms with Gasteiger partial charge in [0.15, 0.2) is 5.69 Å². The summed E-state index contributed by atoms with van der Waals surface area (Å²) < 4.78 is 27.4. The van der Waals surface area contributed by atoms with Crippen molar-refractivity contribution in [2.75, 3.05) is 5.32 Å². The average Bonchev–Trinajstić information content (AvgIpc) is 2.87. The Balaban J connectivity index is 2.41. The summed E-state index contributed by atoms with van der Waals surface area (Å²) in [6, 6.07) is 4.17. The molecule has 3 N–H and O–H groups in total. The van der Waals surface area contributed by atoms with Crippen LogP contribution in [0.15, 0.2) is 33.9 Å². The normalized spacial score (nSPS) is 11.3. The molecule has 0 atom stereocenters. The number of anilines is 1. The van der Waals surface area contributed by atoms with E-state index in [1.165, 1.54) is 24.5 Å². The van der Waals surface area contributed by atoms with Crippen molar-refractivity contribution in [3.05, 3.63) is 41.3 Å². The molecule has 7 nitrogen and oxygen atoms in total. The van der Waals surface area contributed by atoms with Gasteiger partial charge in [0.2, 0.25) is 10.0 Å². The summed E-state index contributed by atoms with van der Waals surface area (Å²) in [5, 5.41) is 11.2. The number of aromatic nitrogens is 1. The smallest absolute Gasteiger partial charge is 0.277 e. The van der Waals surface area contributed by atoms with E-state index in [4.69, 9.17) is 5.14 Å². The number of sulfonamides is 1. The number of rotatable bonds is 3. The van der Waals surface area contributed by atoms with Crippen molar-refractivity contribution >= 4 is 21.6 Å². The predicted molar refractivity (Wildman–Crippen MR) is 71.7 cm³/mol. The minimum absolute atomic E-state index is 0.0592. The topological polar surface area (TPSA) is 115 Å². The van der Waals surface area contributed by atoms with E-state index < -0.39 is 15.9 Å². The van der Waals surface area contributed by atoms with Crippen molar-refractivity contribution < 1.29 is 17.7 Å². The summed E-state index contributed by atoms with van der Waals surface area (Å²) in [7, 11) is -3.84. The summed E-state index contributed by atoms with van der Waals surface area (Å²) in [6.45, 7) is 3.50. The fourth-order valence-electron chi connectivity index (χ4n) is 1.64. The van der Waals surface area contributed by atoms with Gasteiger partial charge in [0, 0.05) is 11.8 Å². The number of hydrogen-bond donors (Lipinski definition) is 2. The fourth-order valence-corrected chi connectivity index (χ4v) is 2.26. The minimum atomic E-state index is -3.84. The third-order valence-electron chi connectivity index (χ3n) is 2.89. The Hall–Kier alpha value is -2.19. The van der Waals surface area contributed by atoms with E-state index in [0.717, 1.165) is 5.56 Å². The van der Waals surface area contributed by atoms with Gasteiger partial charge in [-0.1, -0.05) is 5.16 Å². The third kappa shape index (κ3) is 2.86. The second kappa shape index (κ2) is 5.06. The van der Waals surface area contributed by atoms with Crippen LogP contribution in [0.25, 0.3) is 0 Å². The van der Waals surface area contributed by atoms with E-state index in [-0.39, 0.29) is 10.6 Å². The second-order valence-electron chi connectivity index (χ2n) is 4.30. The molecule has 0 aliphatic heterocycles. The molecule has 0 aliphatic rings. The van der Waals surface area contributed by atoms with E-state index >= 15 is 0 Å². The maximum Gasteiger partial charge on any atom is 0.277 e. The molecule has 0 fully saturated rings. The third-order valence-corrected chi connectivity index (χ3v) is 3.78. The van der Waals surface area contributed by atoms with Crippen LogP contribution in [0.2, 0.25) is 0 Å². The molecule has 0 saturated carbocycles. The van der Waals surface area contributed by atoms with Gasteiger partial charge in [-0.15, -0.1) is 0 Å². The number of nitrogens with two attached hydrogens (primary N) is 1. The quantitative estimate of drug-likeness (QED) is 0.882. The van der Waals surface area contributed by atoms with Crippen LogP contribution < -0.4 is 10.5 Å². The van der Waals surface area contributed by atoms with Crippen molar-refractivity contribution in [1.82, 2.24) is 5.16 Å². The van der Waals surface area contributed by atoms with Crippen LogP contribution in [-0.4, -0.2) is 19.5 Å². The van der Waals surface area contributed by atoms with Crippen LogP contribution in [-0.2, 0) is 10.0 Å². The van der Waals surface area contributed by atoms with E-state index in [1.54, 1.807) is 13.8 Å². The molecule has 0 unspecified atom stereocenters. The molecule has 8 heteroatoms. The van der Waals surface area contributed by atoms with Crippen molar-refractivity contribution in [1.29, 1.82) is 0 Å². The van der Waals surface area contributed by atoms with Gasteiger partial charge in [0.1, 0.15) is 6.26 Å². The number of hydrogen-bond acceptors (Lipinski definition) is 5. The Kier molecular flexibility index (Phi) is 3.60. The highest BCUT2D eigenvalue weighted by molar-refractivity contribution is 7.89. The number of amides is 1. The number of carbonyl (C=O) groups excluding carboxylic acids is 1. The first-order chi connectivity index (χ1) is 9.29. The van der Waals surface area contributed by atoms with Crippen LogP contribution in [0.5, 0.6) is 0 Å². The van der Waals surface area contributed by atoms with Gasteiger partial charge in [-0.25, -0.2) is 13.6 Å². The standard InChI is InChI=1S/C12H13N3O4S/c1-7-5-9(20(13,17)18)6-11(8(7)2)14-12(16)10-3-4-19-15-10/h3-6H,1-2H3,(H,14,16)(H2,13,17,18). The highest BCUT2D eigenvalue weighted by Gasteiger charge is 2.16. The summed E-state index contributed by atoms with van der Waals surface area (Å²) in [4.78, 5) is 11.8. The molecule has 0 radical (unpaired) electrons. The molecule has 1 aromatic heterocycles. The van der Waals surface area contributed by atoms with E-state index in [1.807, 2.05) is 0 Å². The molecule has 1 aromatic carbocycles. The molecule has 2 aromatic rings. The molecule has 2 rings (SSSR count). The monoisotopic (exact) mass is 295 g/mol. The lowest BCUT2D eigenvalue weighted by molar-refractivity contribution is 0.101. The van der Waals surface area contributed by atoms with Crippen molar-refractivity contribution in [3.63, 3.8) is 0 Å². The first-order valence-electron chi connectivity index (χ1n) is 5.65. The Morgan fingerprint density at radius 1 is 1.35 bits per heavy atom. The predicted octanol–water partition coefficient (Wildman–Crippen LogP) is 1.19. The first-order valence-corrected chi connectivity index (χ1v) is 7.19. The molecule has 0 saturated heterocycles. The number of nitrogens with one attached hydrogen (secondary N) is 1. The lowest BCUT2D eigenvalue weighted by Crippen LogP contribution is -2.16. The zero-order valence-corrected chi connectivity index (χ0v) is 11.7. The SMILES string of the molecule is Cc1cc(S(N)(=O)=O)cc(NC(=O)c2ccon2)c1C. The Bertz CT molecular complexity index is 751. The molecular formula is C12H13N3O4S. The number of nitrogens with zero attached hydrogens (tertiary/aromatic N) is 1. The lowest BCUT2D eigenvalue weighted by Gasteiger charge is -2.11. The molecular weight excluding hydrogens is 282 g/mol. The second-order valence-corrected chi connectivity index (χ2v) is 5.86. The molecule has 1 heterocycles. The van der Waals surface area contributed by atoms with Gasteiger partial charge < -0.3 is 9.84 Å². The Morgan fingerprint density at radius 3 is 2.60 bits per heavy atom. The fraction of sp³-hybridized carbons (Fsp3) is 0.167. The lowest BCUT2D eigenvalue weighted by atomic mass is 10.1. The van der Waals surface area contributed by atoms with Crippen LogP contribution in [0.3, 0.4) is 0 Å². The zero-order chi connectivity index (χ0) is 14.9. The largest absolute Gasteiger partial charge is 0.364 e. The Morgan fingerprint density at radius 2 is 2.05 bits per heavy atom. The van der Waals surface area contributed by atoms with Crippen molar-refractivity contribution in [3.8, 4) is 0 Å². The van der Waals surface area contributed by atoms with Gasteiger partial charge in [-0.2, -0.15) is 0 Å². The molecule has 0 bridgehead atoms. The van der Waals surface area contributed by atoms with Gasteiger partial charge in [0.25, 0.3) is 5.91 Å². The van der Waals surface area contributed by atoms with E-state index in [2.05, 4.69) is 15.0 Å². The maximum atomic E-state index is 11.9. The number of primary sulfonamides is 1. The van der Waals surface area contributed by atoms with Crippen molar-refractivity contribution in [2.24, 2.45) is 5.14 Å². The Labute approximate surface area is 115 Å². The molecule has 1 amide bonds. The minimum Gasteiger partial charge on any atom is -0.364 e. The summed E-state index contributed by atoms with van der Waals surface area (Å²) in [6.07, 6.45) is 1.27. The average molecular weight is 295 g/mol. The number of benzene rings is 1. The molecule has 106 valence electrons. The molecule has 20 heavy (non-hydrogen) atoms. The van der Waals surface area contributed by atoms with Gasteiger partial charge in [-0.3, -0.25) is 4.79 Å². The zero-order valence-electron chi connectivity index (χ0n) is 10.9. The van der Waals surface area contributed by atoms with Crippen LogP contribution in [0, 0.1) is 13.8 Å². The van der Waals surface area contributed by atoms with Gasteiger partial charge >= 0.3 is 0 Å². The molecule has 0 aliphatic carbocycles. The highest BCUT2D eigenvalue weighted by atomic mass is 32.2. The summed E-state index contributed by atoms with van der Waals surface area (Å²) in [5.41, 5.74) is 1.91. The van der Waals surface area contributed by atoms with Crippen LogP contribution >= 0.6 is 0 Å². The van der Waals surface area contributed by atoms with Crippen molar-refractivity contribution in [2.45, 2.75) is 18.7 Å². The van der Waals surface area contributed by atoms with Crippen LogP contribution in [0.1, 0.15) is 21.6 Å². The number of carbonyl (C=O) groups is 1. The number of aryl methyl sites for hydroxylation is 1. The maximum absolute atomic E-state index is 11.9.